The van der Waals surface area contributed by atoms with Crippen LogP contribution in [0.15, 0.2) is 24.3 Å². The molecule has 0 atom stereocenters. The van der Waals surface area contributed by atoms with Crippen LogP contribution in [0, 0.1) is 6.57 Å². The molecule has 6 nitrogen and oxygen atoms in total. The molecule has 0 spiro atoms. The zero-order valence-electron chi connectivity index (χ0n) is 11.0. The quantitative estimate of drug-likeness (QED) is 0.835. The summed E-state index contributed by atoms with van der Waals surface area (Å²) >= 11 is 0. The molecular weight excluding hydrogens is 256 g/mol. The normalized spacial score (nSPS) is 10.2. The van der Waals surface area contributed by atoms with Crippen molar-refractivity contribution in [3.63, 3.8) is 0 Å². The number of nitrogens with zero attached hydrogens (tertiary/aromatic N) is 3. The Hall–Kier alpha value is -2.81. The van der Waals surface area contributed by atoms with Crippen molar-refractivity contribution >= 4 is 17.5 Å². The van der Waals surface area contributed by atoms with Gasteiger partial charge in [0.05, 0.1) is 13.0 Å². The molecule has 0 aliphatic carbocycles. The van der Waals surface area contributed by atoms with Crippen molar-refractivity contribution in [3.8, 4) is 11.3 Å². The number of carboxylic acid groups (broad SMARTS) is 1. The summed E-state index contributed by atoms with van der Waals surface area (Å²) in [5, 5.41) is 13.1. The minimum absolute atomic E-state index is 0.0263. The van der Waals surface area contributed by atoms with Gasteiger partial charge in [-0.3, -0.25) is 9.48 Å². The molecule has 0 fully saturated rings. The van der Waals surface area contributed by atoms with Crippen LogP contribution in [0.4, 0.5) is 11.5 Å². The van der Waals surface area contributed by atoms with Crippen molar-refractivity contribution in [2.45, 2.75) is 19.9 Å². The van der Waals surface area contributed by atoms with Gasteiger partial charge in [-0.15, -0.1) is 0 Å². The largest absolute Gasteiger partial charge is 0.481 e. The average Bonchev–Trinajstić information content (AvgIpc) is 2.75. The summed E-state index contributed by atoms with van der Waals surface area (Å²) in [7, 11) is 0. The van der Waals surface area contributed by atoms with Crippen LogP contribution < -0.4 is 5.73 Å². The summed E-state index contributed by atoms with van der Waals surface area (Å²) in [6.07, 6.45) is -0.0263. The number of aliphatic carboxylic acids is 1. The van der Waals surface area contributed by atoms with Crippen molar-refractivity contribution in [3.05, 3.63) is 41.2 Å². The molecule has 3 N–H and O–H groups in total. The molecule has 6 heteroatoms. The molecule has 2 rings (SSSR count). The molecule has 0 saturated carbocycles. The SMILES string of the molecule is [C-]#[N+]c1c(-c2ccc(CC(=O)O)cc2)nn(CC)c1N. The number of aryl methyl sites for hydroxylation is 1. The molecule has 0 saturated heterocycles. The van der Waals surface area contributed by atoms with Gasteiger partial charge in [0.15, 0.2) is 0 Å². The highest BCUT2D eigenvalue weighted by atomic mass is 16.4. The third kappa shape index (κ3) is 2.47. The highest BCUT2D eigenvalue weighted by molar-refractivity contribution is 5.83. The Morgan fingerprint density at radius 2 is 2.10 bits per heavy atom. The predicted octanol–water partition coefficient (Wildman–Crippen LogP) is 2.33. The average molecular weight is 270 g/mol. The second-order valence-corrected chi connectivity index (χ2v) is 4.28. The lowest BCUT2D eigenvalue weighted by atomic mass is 10.1. The number of hydrogen-bond donors (Lipinski definition) is 2. The van der Waals surface area contributed by atoms with Crippen molar-refractivity contribution < 1.29 is 9.90 Å². The first-order chi connectivity index (χ1) is 9.56. The molecule has 1 aromatic heterocycles. The van der Waals surface area contributed by atoms with Gasteiger partial charge in [-0.05, 0) is 18.1 Å². The minimum atomic E-state index is -0.876. The van der Waals surface area contributed by atoms with Gasteiger partial charge in [-0.1, -0.05) is 24.3 Å². The highest BCUT2D eigenvalue weighted by Gasteiger charge is 2.16. The van der Waals surface area contributed by atoms with Crippen LogP contribution in [-0.2, 0) is 17.8 Å². The molecule has 20 heavy (non-hydrogen) atoms. The van der Waals surface area contributed by atoms with Gasteiger partial charge >= 0.3 is 5.97 Å². The molecular formula is C14H14N4O2. The van der Waals surface area contributed by atoms with Gasteiger partial charge in [0, 0.05) is 6.54 Å². The molecule has 0 bridgehead atoms. The Morgan fingerprint density at radius 1 is 1.45 bits per heavy atom. The van der Waals surface area contributed by atoms with E-state index in [1.165, 1.54) is 0 Å². The summed E-state index contributed by atoms with van der Waals surface area (Å²) in [4.78, 5) is 14.1. The first-order valence-corrected chi connectivity index (χ1v) is 6.11. The minimum Gasteiger partial charge on any atom is -0.481 e. The van der Waals surface area contributed by atoms with Crippen LogP contribution >= 0.6 is 0 Å². The van der Waals surface area contributed by atoms with E-state index in [1.807, 2.05) is 6.92 Å². The van der Waals surface area contributed by atoms with Gasteiger partial charge in [0.2, 0.25) is 0 Å². The fourth-order valence-electron chi connectivity index (χ4n) is 1.97. The lowest BCUT2D eigenvalue weighted by Gasteiger charge is -2.01. The van der Waals surface area contributed by atoms with E-state index in [1.54, 1.807) is 28.9 Å². The number of nitrogen functional groups attached to an aromatic ring is 1. The third-order valence-corrected chi connectivity index (χ3v) is 2.96. The van der Waals surface area contributed by atoms with Crippen LogP contribution in [0.1, 0.15) is 12.5 Å². The van der Waals surface area contributed by atoms with Gasteiger partial charge in [-0.2, -0.15) is 5.10 Å². The molecule has 0 unspecified atom stereocenters. The van der Waals surface area contributed by atoms with E-state index >= 15 is 0 Å². The lowest BCUT2D eigenvalue weighted by molar-refractivity contribution is -0.136. The number of rotatable bonds is 4. The van der Waals surface area contributed by atoms with Gasteiger partial charge in [0.1, 0.15) is 11.5 Å². The van der Waals surface area contributed by atoms with Crippen LogP contribution in [-0.4, -0.2) is 20.9 Å². The maximum absolute atomic E-state index is 10.6. The van der Waals surface area contributed by atoms with Crippen LogP contribution in [0.2, 0.25) is 0 Å². The maximum Gasteiger partial charge on any atom is 0.307 e. The Morgan fingerprint density at radius 3 is 2.60 bits per heavy atom. The molecule has 0 radical (unpaired) electrons. The summed E-state index contributed by atoms with van der Waals surface area (Å²) in [5.74, 6) is -0.522. The van der Waals surface area contributed by atoms with Gasteiger partial charge in [-0.25, -0.2) is 4.85 Å². The van der Waals surface area contributed by atoms with Crippen molar-refractivity contribution in [2.24, 2.45) is 0 Å². The van der Waals surface area contributed by atoms with Gasteiger partial charge in [0.25, 0.3) is 5.69 Å². The third-order valence-electron chi connectivity index (χ3n) is 2.96. The fraction of sp³-hybridized carbons (Fsp3) is 0.214. The number of benzene rings is 1. The van der Waals surface area contributed by atoms with E-state index < -0.39 is 5.97 Å². The number of nitrogens with two attached hydrogens (primary N) is 1. The monoisotopic (exact) mass is 270 g/mol. The number of aromatic nitrogens is 2. The van der Waals surface area contributed by atoms with E-state index in [-0.39, 0.29) is 6.42 Å². The molecule has 1 aromatic carbocycles. The number of hydrogen-bond acceptors (Lipinski definition) is 3. The smallest absolute Gasteiger partial charge is 0.307 e. The molecule has 0 aliphatic heterocycles. The Kier molecular flexibility index (Phi) is 3.71. The zero-order valence-corrected chi connectivity index (χ0v) is 11.0. The summed E-state index contributed by atoms with van der Waals surface area (Å²) in [5.41, 5.74) is 8.18. The summed E-state index contributed by atoms with van der Waals surface area (Å²) in [6, 6.07) is 6.96. The van der Waals surface area contributed by atoms with Crippen LogP contribution in [0.3, 0.4) is 0 Å². The Bertz CT molecular complexity index is 680. The van der Waals surface area contributed by atoms with Crippen molar-refractivity contribution in [2.75, 3.05) is 5.73 Å². The lowest BCUT2D eigenvalue weighted by Crippen LogP contribution is -2.01. The van der Waals surface area contributed by atoms with E-state index in [9.17, 15) is 4.79 Å². The zero-order chi connectivity index (χ0) is 14.7. The van der Waals surface area contributed by atoms with Crippen molar-refractivity contribution in [1.82, 2.24) is 9.78 Å². The van der Waals surface area contributed by atoms with E-state index in [4.69, 9.17) is 17.4 Å². The van der Waals surface area contributed by atoms with Crippen LogP contribution in [0.5, 0.6) is 0 Å². The number of carbonyl (C=O) groups is 1. The molecule has 0 aliphatic rings. The van der Waals surface area contributed by atoms with E-state index in [2.05, 4.69) is 9.94 Å². The molecule has 2 aromatic rings. The predicted molar refractivity (Wildman–Crippen MR) is 75.4 cm³/mol. The van der Waals surface area contributed by atoms with E-state index in [0.717, 1.165) is 5.56 Å². The Balaban J connectivity index is 2.42. The maximum atomic E-state index is 10.6. The molecule has 1 heterocycles. The standard InChI is InChI=1S/C14H14N4O2/c1-3-18-14(15)13(16-2)12(17-18)10-6-4-9(5-7-10)8-11(19)20/h4-7H,3,8,15H2,1H3,(H,19,20). The summed E-state index contributed by atoms with van der Waals surface area (Å²) < 4.78 is 1.58. The first-order valence-electron chi connectivity index (χ1n) is 6.11. The number of anilines is 1. The first kappa shape index (κ1) is 13.6. The number of carboxylic acids is 1. The second-order valence-electron chi connectivity index (χ2n) is 4.28. The second kappa shape index (κ2) is 5.45. The van der Waals surface area contributed by atoms with Crippen molar-refractivity contribution in [1.29, 1.82) is 0 Å². The molecule has 102 valence electrons. The van der Waals surface area contributed by atoms with Crippen LogP contribution in [0.25, 0.3) is 16.1 Å². The Labute approximate surface area is 116 Å². The molecule has 0 amide bonds. The van der Waals surface area contributed by atoms with E-state index in [0.29, 0.717) is 29.3 Å². The summed E-state index contributed by atoms with van der Waals surface area (Å²) in [6.45, 7) is 9.70. The highest BCUT2D eigenvalue weighted by Crippen LogP contribution is 2.34. The topological polar surface area (TPSA) is 85.5 Å². The fourth-order valence-corrected chi connectivity index (χ4v) is 1.97. The van der Waals surface area contributed by atoms with Gasteiger partial charge < -0.3 is 10.8 Å².